The van der Waals surface area contributed by atoms with Gasteiger partial charge in [-0.25, -0.2) is 0 Å². The molecule has 1 aliphatic rings. The van der Waals surface area contributed by atoms with E-state index in [0.717, 1.165) is 6.54 Å². The number of likely N-dealkylation sites (N-methyl/N-ethyl adjacent to an activating group) is 1. The van der Waals surface area contributed by atoms with E-state index in [2.05, 4.69) is 42.2 Å². The number of anilines is 1. The van der Waals surface area contributed by atoms with Gasteiger partial charge in [0.1, 0.15) is 0 Å². The topological polar surface area (TPSA) is 29.3 Å². The van der Waals surface area contributed by atoms with E-state index in [9.17, 15) is 0 Å². The Hall–Kier alpha value is -1.02. The summed E-state index contributed by atoms with van der Waals surface area (Å²) >= 11 is 0. The summed E-state index contributed by atoms with van der Waals surface area (Å²) < 4.78 is 0. The molecule has 0 aliphatic heterocycles. The van der Waals surface area contributed by atoms with Crippen molar-refractivity contribution in [3.63, 3.8) is 0 Å². The predicted molar refractivity (Wildman–Crippen MR) is 74.3 cm³/mol. The molecule has 0 spiro atoms. The minimum atomic E-state index is 0.331. The fraction of sp³-hybridized carbons (Fsp3) is 0.600. The van der Waals surface area contributed by atoms with Crippen LogP contribution in [0.15, 0.2) is 30.3 Å². The second-order valence-electron chi connectivity index (χ2n) is 4.99. The normalized spacial score (nSPS) is 25.3. The maximum absolute atomic E-state index is 6.35. The van der Waals surface area contributed by atoms with Gasteiger partial charge in [-0.3, -0.25) is 0 Å². The molecule has 0 radical (unpaired) electrons. The third kappa shape index (κ3) is 3.01. The van der Waals surface area contributed by atoms with Crippen LogP contribution in [0.1, 0.15) is 39.0 Å². The quantitative estimate of drug-likeness (QED) is 0.811. The Morgan fingerprint density at radius 1 is 1.12 bits per heavy atom. The van der Waals surface area contributed by atoms with E-state index in [1.165, 1.54) is 37.8 Å². The van der Waals surface area contributed by atoms with E-state index in [4.69, 9.17) is 5.73 Å². The summed E-state index contributed by atoms with van der Waals surface area (Å²) in [4.78, 5) is 2.48. The molecule has 2 atom stereocenters. The average molecular weight is 232 g/mol. The van der Waals surface area contributed by atoms with Crippen molar-refractivity contribution in [2.45, 2.75) is 51.1 Å². The van der Waals surface area contributed by atoms with Crippen molar-refractivity contribution in [1.82, 2.24) is 0 Å². The molecule has 1 aliphatic carbocycles. The van der Waals surface area contributed by atoms with E-state index >= 15 is 0 Å². The molecule has 17 heavy (non-hydrogen) atoms. The minimum absolute atomic E-state index is 0.331. The molecule has 0 bridgehead atoms. The zero-order valence-electron chi connectivity index (χ0n) is 10.8. The fourth-order valence-corrected chi connectivity index (χ4v) is 2.93. The molecule has 2 unspecified atom stereocenters. The Morgan fingerprint density at radius 2 is 1.82 bits per heavy atom. The van der Waals surface area contributed by atoms with Gasteiger partial charge in [0, 0.05) is 24.3 Å². The molecule has 1 aromatic carbocycles. The second-order valence-corrected chi connectivity index (χ2v) is 4.99. The van der Waals surface area contributed by atoms with Crippen molar-refractivity contribution in [3.05, 3.63) is 30.3 Å². The Labute approximate surface area is 105 Å². The van der Waals surface area contributed by atoms with Gasteiger partial charge < -0.3 is 10.6 Å². The van der Waals surface area contributed by atoms with E-state index in [1.807, 2.05) is 0 Å². The number of para-hydroxylation sites is 1. The zero-order chi connectivity index (χ0) is 12.1. The number of rotatable bonds is 3. The van der Waals surface area contributed by atoms with Crippen LogP contribution in [0.2, 0.25) is 0 Å². The lowest BCUT2D eigenvalue weighted by Gasteiger charge is -2.35. The van der Waals surface area contributed by atoms with Crippen LogP contribution in [0, 0.1) is 0 Å². The van der Waals surface area contributed by atoms with Gasteiger partial charge >= 0.3 is 0 Å². The lowest BCUT2D eigenvalue weighted by Crippen LogP contribution is -2.47. The summed E-state index contributed by atoms with van der Waals surface area (Å²) in [6.45, 7) is 3.27. The molecule has 2 N–H and O–H groups in total. The van der Waals surface area contributed by atoms with Crippen molar-refractivity contribution >= 4 is 5.69 Å². The first-order valence-corrected chi connectivity index (χ1v) is 6.90. The average Bonchev–Trinajstić information content (AvgIpc) is 2.58. The van der Waals surface area contributed by atoms with Crippen LogP contribution in [-0.4, -0.2) is 18.6 Å². The van der Waals surface area contributed by atoms with Gasteiger partial charge in [0.25, 0.3) is 0 Å². The van der Waals surface area contributed by atoms with Crippen molar-refractivity contribution in [3.8, 4) is 0 Å². The smallest absolute Gasteiger partial charge is 0.0440 e. The van der Waals surface area contributed by atoms with Gasteiger partial charge in [-0.05, 0) is 31.9 Å². The first-order valence-electron chi connectivity index (χ1n) is 6.90. The third-order valence-electron chi connectivity index (χ3n) is 3.86. The molecule has 1 saturated carbocycles. The van der Waals surface area contributed by atoms with Crippen LogP contribution in [0.5, 0.6) is 0 Å². The molecule has 2 rings (SSSR count). The van der Waals surface area contributed by atoms with Crippen LogP contribution in [0.25, 0.3) is 0 Å². The van der Waals surface area contributed by atoms with Crippen LogP contribution in [-0.2, 0) is 0 Å². The number of hydrogen-bond donors (Lipinski definition) is 1. The van der Waals surface area contributed by atoms with E-state index < -0.39 is 0 Å². The highest BCUT2D eigenvalue weighted by Gasteiger charge is 2.25. The van der Waals surface area contributed by atoms with Crippen LogP contribution in [0.3, 0.4) is 0 Å². The summed E-state index contributed by atoms with van der Waals surface area (Å²) in [7, 11) is 0. The third-order valence-corrected chi connectivity index (χ3v) is 3.86. The van der Waals surface area contributed by atoms with E-state index in [1.54, 1.807) is 0 Å². The van der Waals surface area contributed by atoms with Gasteiger partial charge in [0.15, 0.2) is 0 Å². The molecule has 2 nitrogen and oxygen atoms in total. The maximum atomic E-state index is 6.35. The van der Waals surface area contributed by atoms with Crippen molar-refractivity contribution in [2.24, 2.45) is 5.73 Å². The predicted octanol–water partition coefficient (Wildman–Crippen LogP) is 3.17. The highest BCUT2D eigenvalue weighted by atomic mass is 15.2. The summed E-state index contributed by atoms with van der Waals surface area (Å²) in [5.41, 5.74) is 7.67. The van der Waals surface area contributed by atoms with Crippen LogP contribution in [0.4, 0.5) is 5.69 Å². The first-order chi connectivity index (χ1) is 8.33. The van der Waals surface area contributed by atoms with Crippen molar-refractivity contribution in [1.29, 1.82) is 0 Å². The maximum Gasteiger partial charge on any atom is 0.0440 e. The minimum Gasteiger partial charge on any atom is -0.367 e. The van der Waals surface area contributed by atoms with Crippen molar-refractivity contribution in [2.75, 3.05) is 11.4 Å². The monoisotopic (exact) mass is 232 g/mol. The lowest BCUT2D eigenvalue weighted by molar-refractivity contribution is 0.466. The highest BCUT2D eigenvalue weighted by molar-refractivity contribution is 5.47. The zero-order valence-corrected chi connectivity index (χ0v) is 10.8. The van der Waals surface area contributed by atoms with Gasteiger partial charge in [0.2, 0.25) is 0 Å². The van der Waals surface area contributed by atoms with Crippen LogP contribution >= 0.6 is 0 Å². The van der Waals surface area contributed by atoms with Gasteiger partial charge in [-0.15, -0.1) is 0 Å². The van der Waals surface area contributed by atoms with Gasteiger partial charge in [0.05, 0.1) is 0 Å². The molecular formula is C15H24N2. The highest BCUT2D eigenvalue weighted by Crippen LogP contribution is 2.25. The SMILES string of the molecule is CCN(c1ccccc1)C1CCCCCC1N. The number of nitrogens with zero attached hydrogens (tertiary/aromatic N) is 1. The molecule has 1 fully saturated rings. The number of benzene rings is 1. The molecule has 0 saturated heterocycles. The fourth-order valence-electron chi connectivity index (χ4n) is 2.93. The number of nitrogens with two attached hydrogens (primary N) is 1. The molecule has 94 valence electrons. The first kappa shape index (κ1) is 12.4. The Bertz CT molecular complexity index is 323. The number of hydrogen-bond acceptors (Lipinski definition) is 2. The summed E-state index contributed by atoms with van der Waals surface area (Å²) in [6, 6.07) is 11.5. The Balaban J connectivity index is 2.16. The molecule has 0 amide bonds. The Morgan fingerprint density at radius 3 is 2.53 bits per heavy atom. The standard InChI is InChI=1S/C15H24N2/c1-2-17(13-9-5-3-6-10-13)15-12-8-4-7-11-14(15)16/h3,5-6,9-10,14-15H,2,4,7-8,11-12,16H2,1H3. The molecule has 0 heterocycles. The lowest BCUT2D eigenvalue weighted by atomic mass is 10.0. The van der Waals surface area contributed by atoms with Gasteiger partial charge in [-0.2, -0.15) is 0 Å². The van der Waals surface area contributed by atoms with E-state index in [0.29, 0.717) is 12.1 Å². The molecular weight excluding hydrogens is 208 g/mol. The molecule has 0 aromatic heterocycles. The second kappa shape index (κ2) is 6.06. The van der Waals surface area contributed by atoms with E-state index in [-0.39, 0.29) is 0 Å². The van der Waals surface area contributed by atoms with Crippen molar-refractivity contribution < 1.29 is 0 Å². The molecule has 2 heteroatoms. The summed E-state index contributed by atoms with van der Waals surface area (Å²) in [5.74, 6) is 0. The molecule has 1 aromatic rings. The summed E-state index contributed by atoms with van der Waals surface area (Å²) in [5, 5.41) is 0. The Kier molecular flexibility index (Phi) is 4.43. The largest absolute Gasteiger partial charge is 0.367 e. The van der Waals surface area contributed by atoms with Gasteiger partial charge in [-0.1, -0.05) is 37.5 Å². The summed E-state index contributed by atoms with van der Waals surface area (Å²) in [6.07, 6.45) is 6.38. The van der Waals surface area contributed by atoms with Crippen LogP contribution < -0.4 is 10.6 Å².